The molecule has 0 aromatic heterocycles. The molecule has 1 rings (SSSR count). The zero-order valence-electron chi connectivity index (χ0n) is 12.0. The van der Waals surface area contributed by atoms with E-state index in [0.717, 1.165) is 32.1 Å². The van der Waals surface area contributed by atoms with Crippen molar-refractivity contribution < 1.29 is 8.42 Å². The lowest BCUT2D eigenvalue weighted by molar-refractivity contribution is 0.345. The van der Waals surface area contributed by atoms with Crippen LogP contribution in [-0.2, 0) is 10.0 Å². The standard InChI is InChI=1S/C13H28N2O2S/c1-13(2,3)10-12(14)11-18(16,17)15-8-6-4-5-7-9-15/h12H,4-11,14H2,1-3H3. The van der Waals surface area contributed by atoms with Crippen LogP contribution in [0.3, 0.4) is 0 Å². The summed E-state index contributed by atoms with van der Waals surface area (Å²) < 4.78 is 26.2. The van der Waals surface area contributed by atoms with Gasteiger partial charge in [0.15, 0.2) is 0 Å². The lowest BCUT2D eigenvalue weighted by atomic mass is 9.89. The summed E-state index contributed by atoms with van der Waals surface area (Å²) in [5, 5.41) is 0. The van der Waals surface area contributed by atoms with Gasteiger partial charge in [-0.15, -0.1) is 0 Å². The molecule has 0 bridgehead atoms. The predicted octanol–water partition coefficient (Wildman–Crippen LogP) is 1.96. The molecule has 2 N–H and O–H groups in total. The fourth-order valence-electron chi connectivity index (χ4n) is 2.54. The average Bonchev–Trinajstić information content (AvgIpc) is 2.40. The fourth-order valence-corrected chi connectivity index (χ4v) is 4.23. The Balaban J connectivity index is 2.57. The molecule has 4 nitrogen and oxygen atoms in total. The maximum atomic E-state index is 12.3. The molecule has 108 valence electrons. The summed E-state index contributed by atoms with van der Waals surface area (Å²) >= 11 is 0. The van der Waals surface area contributed by atoms with Gasteiger partial charge in [0.05, 0.1) is 5.75 Å². The summed E-state index contributed by atoms with van der Waals surface area (Å²) in [5.41, 5.74) is 6.06. The summed E-state index contributed by atoms with van der Waals surface area (Å²) in [5.74, 6) is 0.0876. The van der Waals surface area contributed by atoms with Crippen LogP contribution in [0.5, 0.6) is 0 Å². The molecule has 0 saturated carbocycles. The lowest BCUT2D eigenvalue weighted by Crippen LogP contribution is -2.41. The van der Waals surface area contributed by atoms with Gasteiger partial charge in [0.25, 0.3) is 0 Å². The van der Waals surface area contributed by atoms with Crippen molar-refractivity contribution in [2.75, 3.05) is 18.8 Å². The normalized spacial score (nSPS) is 21.6. The molecule has 1 atom stereocenters. The third-order valence-corrected chi connectivity index (χ3v) is 5.26. The third-order valence-electron chi connectivity index (χ3n) is 3.26. The molecule has 0 aromatic rings. The van der Waals surface area contributed by atoms with Crippen LogP contribution in [0, 0.1) is 5.41 Å². The Kier molecular flexibility index (Phi) is 5.62. The van der Waals surface area contributed by atoms with Crippen LogP contribution in [0.15, 0.2) is 0 Å². The van der Waals surface area contributed by atoms with Crippen molar-refractivity contribution in [3.05, 3.63) is 0 Å². The van der Waals surface area contributed by atoms with Crippen LogP contribution in [-0.4, -0.2) is 37.6 Å². The van der Waals surface area contributed by atoms with E-state index in [4.69, 9.17) is 5.73 Å². The molecule has 18 heavy (non-hydrogen) atoms. The van der Waals surface area contributed by atoms with Gasteiger partial charge in [-0.05, 0) is 24.7 Å². The molecule has 1 aliphatic rings. The highest BCUT2D eigenvalue weighted by molar-refractivity contribution is 7.89. The first-order valence-corrected chi connectivity index (χ1v) is 8.55. The molecule has 1 fully saturated rings. The maximum absolute atomic E-state index is 12.3. The van der Waals surface area contributed by atoms with Crippen molar-refractivity contribution >= 4 is 10.0 Å². The monoisotopic (exact) mass is 276 g/mol. The van der Waals surface area contributed by atoms with Crippen LogP contribution < -0.4 is 5.73 Å². The minimum absolute atomic E-state index is 0.0771. The van der Waals surface area contributed by atoms with Gasteiger partial charge in [-0.3, -0.25) is 0 Å². The molecule has 0 spiro atoms. The largest absolute Gasteiger partial charge is 0.327 e. The Morgan fingerprint density at radius 1 is 1.11 bits per heavy atom. The van der Waals surface area contributed by atoms with E-state index < -0.39 is 10.0 Å². The topological polar surface area (TPSA) is 63.4 Å². The molecule has 0 aliphatic carbocycles. The zero-order chi connectivity index (χ0) is 13.8. The van der Waals surface area contributed by atoms with E-state index in [9.17, 15) is 8.42 Å². The van der Waals surface area contributed by atoms with E-state index in [1.165, 1.54) is 0 Å². The van der Waals surface area contributed by atoms with Gasteiger partial charge in [0.1, 0.15) is 0 Å². The highest BCUT2D eigenvalue weighted by atomic mass is 32.2. The second-order valence-electron chi connectivity index (χ2n) is 6.62. The Morgan fingerprint density at radius 3 is 2.06 bits per heavy atom. The van der Waals surface area contributed by atoms with Crippen molar-refractivity contribution in [2.45, 2.75) is 58.9 Å². The van der Waals surface area contributed by atoms with Crippen LogP contribution in [0.1, 0.15) is 52.9 Å². The Bertz CT molecular complexity index is 338. The van der Waals surface area contributed by atoms with Crippen LogP contribution in [0.2, 0.25) is 0 Å². The molecular formula is C13H28N2O2S. The number of nitrogens with zero attached hydrogens (tertiary/aromatic N) is 1. The summed E-state index contributed by atoms with van der Waals surface area (Å²) in [6.45, 7) is 7.61. The van der Waals surface area contributed by atoms with E-state index in [0.29, 0.717) is 13.1 Å². The summed E-state index contributed by atoms with van der Waals surface area (Å²) in [7, 11) is -3.17. The number of rotatable bonds is 4. The molecule has 1 heterocycles. The molecule has 0 aromatic carbocycles. The van der Waals surface area contributed by atoms with Gasteiger partial charge in [-0.25, -0.2) is 12.7 Å². The van der Waals surface area contributed by atoms with Crippen molar-refractivity contribution in [1.82, 2.24) is 4.31 Å². The van der Waals surface area contributed by atoms with Crippen LogP contribution >= 0.6 is 0 Å². The lowest BCUT2D eigenvalue weighted by Gasteiger charge is -2.26. The van der Waals surface area contributed by atoms with E-state index in [-0.39, 0.29) is 17.2 Å². The first-order chi connectivity index (χ1) is 8.21. The first-order valence-electron chi connectivity index (χ1n) is 6.94. The second kappa shape index (κ2) is 6.35. The Hall–Kier alpha value is -0.130. The molecule has 0 radical (unpaired) electrons. The van der Waals surface area contributed by atoms with Gasteiger partial charge in [-0.1, -0.05) is 33.6 Å². The quantitative estimate of drug-likeness (QED) is 0.853. The molecule has 1 saturated heterocycles. The second-order valence-corrected chi connectivity index (χ2v) is 8.63. The maximum Gasteiger partial charge on any atom is 0.215 e. The van der Waals surface area contributed by atoms with Crippen molar-refractivity contribution in [2.24, 2.45) is 11.1 Å². The average molecular weight is 276 g/mol. The summed E-state index contributed by atoms with van der Waals surface area (Å²) in [6, 6.07) is -0.266. The van der Waals surface area contributed by atoms with E-state index >= 15 is 0 Å². The molecule has 1 aliphatic heterocycles. The van der Waals surface area contributed by atoms with Crippen molar-refractivity contribution in [1.29, 1.82) is 0 Å². The van der Waals surface area contributed by atoms with Gasteiger partial charge in [-0.2, -0.15) is 0 Å². The highest BCUT2D eigenvalue weighted by Crippen LogP contribution is 2.21. The molecule has 5 heteroatoms. The van der Waals surface area contributed by atoms with Gasteiger partial charge in [0.2, 0.25) is 10.0 Å². The van der Waals surface area contributed by atoms with E-state index in [1.807, 2.05) is 0 Å². The minimum Gasteiger partial charge on any atom is -0.327 e. The smallest absolute Gasteiger partial charge is 0.215 e. The number of hydrogen-bond donors (Lipinski definition) is 1. The number of sulfonamides is 1. The molecular weight excluding hydrogens is 248 g/mol. The van der Waals surface area contributed by atoms with Gasteiger partial charge >= 0.3 is 0 Å². The van der Waals surface area contributed by atoms with Gasteiger partial charge < -0.3 is 5.73 Å². The van der Waals surface area contributed by atoms with Crippen LogP contribution in [0.4, 0.5) is 0 Å². The van der Waals surface area contributed by atoms with Gasteiger partial charge in [0, 0.05) is 19.1 Å². The molecule has 1 unspecified atom stereocenters. The minimum atomic E-state index is -3.17. The van der Waals surface area contributed by atoms with E-state index in [2.05, 4.69) is 20.8 Å². The highest BCUT2D eigenvalue weighted by Gasteiger charge is 2.27. The van der Waals surface area contributed by atoms with Crippen LogP contribution in [0.25, 0.3) is 0 Å². The summed E-state index contributed by atoms with van der Waals surface area (Å²) in [6.07, 6.45) is 4.97. The van der Waals surface area contributed by atoms with E-state index in [1.54, 1.807) is 4.31 Å². The molecule has 0 amide bonds. The zero-order valence-corrected chi connectivity index (χ0v) is 12.8. The first kappa shape index (κ1) is 15.9. The van der Waals surface area contributed by atoms with Crippen molar-refractivity contribution in [3.63, 3.8) is 0 Å². The Labute approximate surface area is 112 Å². The number of hydrogen-bond acceptors (Lipinski definition) is 3. The predicted molar refractivity (Wildman–Crippen MR) is 75.9 cm³/mol. The van der Waals surface area contributed by atoms with Crippen molar-refractivity contribution in [3.8, 4) is 0 Å². The fraction of sp³-hybridized carbons (Fsp3) is 1.00. The number of nitrogens with two attached hydrogens (primary N) is 1. The third kappa shape index (κ3) is 5.67. The Morgan fingerprint density at radius 2 is 1.61 bits per heavy atom. The summed E-state index contributed by atoms with van der Waals surface area (Å²) in [4.78, 5) is 0. The SMILES string of the molecule is CC(C)(C)CC(N)CS(=O)(=O)N1CCCCCC1.